The molecule has 3 aliphatic heterocycles. The molecule has 3 atom stereocenters. The molecule has 1 aromatic rings. The summed E-state index contributed by atoms with van der Waals surface area (Å²) in [5.41, 5.74) is 2.71. The normalized spacial score (nSPS) is 25.7. The Kier molecular flexibility index (Phi) is 8.95. The van der Waals surface area contributed by atoms with Crippen molar-refractivity contribution >= 4 is 5.97 Å². The van der Waals surface area contributed by atoms with Crippen LogP contribution < -0.4 is 9.47 Å². The predicted molar refractivity (Wildman–Crippen MR) is 138 cm³/mol. The van der Waals surface area contributed by atoms with E-state index in [2.05, 4.69) is 47.7 Å². The van der Waals surface area contributed by atoms with E-state index in [4.69, 9.17) is 14.2 Å². The van der Waals surface area contributed by atoms with Gasteiger partial charge in [0, 0.05) is 51.9 Å². The van der Waals surface area contributed by atoms with Crippen LogP contribution >= 0.6 is 0 Å². The maximum absolute atomic E-state index is 12.7. The lowest BCUT2D eigenvalue weighted by atomic mass is 9.74. The summed E-state index contributed by atoms with van der Waals surface area (Å²) >= 11 is 0. The van der Waals surface area contributed by atoms with Crippen LogP contribution in [-0.2, 0) is 16.0 Å². The van der Waals surface area contributed by atoms with E-state index in [1.807, 2.05) is 0 Å². The van der Waals surface area contributed by atoms with Gasteiger partial charge in [-0.25, -0.2) is 0 Å². The number of rotatable bonds is 9. The van der Waals surface area contributed by atoms with Crippen molar-refractivity contribution in [2.24, 2.45) is 17.8 Å². The van der Waals surface area contributed by atoms with E-state index >= 15 is 0 Å². The van der Waals surface area contributed by atoms with Crippen LogP contribution in [-0.4, -0.2) is 94.4 Å². The molecule has 2 saturated heterocycles. The Morgan fingerprint density at radius 2 is 1.74 bits per heavy atom. The van der Waals surface area contributed by atoms with Crippen LogP contribution in [0.15, 0.2) is 12.1 Å². The molecule has 7 heteroatoms. The standard InChI is InChI=1S/C28H45N3O4/c1-20(2)14-22-18-31-9-6-21-16-26(33-4)27(34-5)17-24(21)25(31)15-23(22)19-35-28(32)7-8-30-12-10-29(3)11-13-30/h16-17,20,22-23,25H,6-15,18-19H2,1-5H3/t22-,23+,25-/m1/s1. The number of benzene rings is 1. The zero-order valence-electron chi connectivity index (χ0n) is 22.4. The van der Waals surface area contributed by atoms with Gasteiger partial charge in [-0.1, -0.05) is 13.8 Å². The summed E-state index contributed by atoms with van der Waals surface area (Å²) in [4.78, 5) is 20.0. The Morgan fingerprint density at radius 3 is 2.43 bits per heavy atom. The second-order valence-electron chi connectivity index (χ2n) is 11.1. The van der Waals surface area contributed by atoms with Gasteiger partial charge in [0.1, 0.15) is 0 Å². The number of hydrogen-bond acceptors (Lipinski definition) is 7. The van der Waals surface area contributed by atoms with E-state index in [1.165, 1.54) is 17.5 Å². The highest BCUT2D eigenvalue weighted by atomic mass is 16.5. The molecule has 196 valence electrons. The molecule has 3 aliphatic rings. The van der Waals surface area contributed by atoms with Gasteiger partial charge in [0.15, 0.2) is 11.5 Å². The molecular weight excluding hydrogens is 442 g/mol. The minimum Gasteiger partial charge on any atom is -0.493 e. The summed E-state index contributed by atoms with van der Waals surface area (Å²) in [5, 5.41) is 0. The largest absolute Gasteiger partial charge is 0.493 e. The molecule has 0 N–H and O–H groups in total. The molecule has 3 heterocycles. The SMILES string of the molecule is COc1cc2c(cc1OC)[C@H]1C[C@@H](COC(=O)CCN3CCN(C)CC3)[C@H](CC(C)C)CN1CC2. The third-order valence-electron chi connectivity index (χ3n) is 8.24. The predicted octanol–water partition coefficient (Wildman–Crippen LogP) is 3.47. The van der Waals surface area contributed by atoms with Gasteiger partial charge >= 0.3 is 5.97 Å². The van der Waals surface area contributed by atoms with E-state index in [-0.39, 0.29) is 5.97 Å². The van der Waals surface area contributed by atoms with Crippen LogP contribution in [0.5, 0.6) is 11.5 Å². The number of hydrogen-bond donors (Lipinski definition) is 0. The minimum atomic E-state index is -0.0508. The summed E-state index contributed by atoms with van der Waals surface area (Å²) in [6, 6.07) is 4.67. The number of piperidine rings is 1. The second-order valence-corrected chi connectivity index (χ2v) is 11.1. The van der Waals surface area contributed by atoms with Crippen LogP contribution in [0.3, 0.4) is 0 Å². The van der Waals surface area contributed by atoms with Gasteiger partial charge in [-0.3, -0.25) is 9.69 Å². The van der Waals surface area contributed by atoms with E-state index in [1.54, 1.807) is 14.2 Å². The first-order chi connectivity index (χ1) is 16.9. The molecule has 0 aromatic heterocycles. The zero-order chi connectivity index (χ0) is 24.9. The summed E-state index contributed by atoms with van der Waals surface area (Å²) in [6.07, 6.45) is 3.71. The lowest BCUT2D eigenvalue weighted by molar-refractivity contribution is -0.147. The van der Waals surface area contributed by atoms with Gasteiger partial charge in [0.2, 0.25) is 0 Å². The maximum atomic E-state index is 12.7. The van der Waals surface area contributed by atoms with E-state index in [9.17, 15) is 4.79 Å². The maximum Gasteiger partial charge on any atom is 0.307 e. The third-order valence-corrected chi connectivity index (χ3v) is 8.24. The molecule has 0 unspecified atom stereocenters. The molecule has 0 bridgehead atoms. The average molecular weight is 488 g/mol. The lowest BCUT2D eigenvalue weighted by Crippen LogP contribution is -2.47. The smallest absolute Gasteiger partial charge is 0.307 e. The molecule has 0 spiro atoms. The van der Waals surface area contributed by atoms with Gasteiger partial charge in [-0.15, -0.1) is 0 Å². The first-order valence-electron chi connectivity index (χ1n) is 13.4. The second kappa shape index (κ2) is 11.9. The molecule has 7 nitrogen and oxygen atoms in total. The fraction of sp³-hybridized carbons (Fsp3) is 0.750. The van der Waals surface area contributed by atoms with Crippen molar-refractivity contribution in [2.45, 2.75) is 45.6 Å². The summed E-state index contributed by atoms with van der Waals surface area (Å²) < 4.78 is 17.1. The van der Waals surface area contributed by atoms with Crippen molar-refractivity contribution in [3.63, 3.8) is 0 Å². The molecule has 4 rings (SSSR count). The number of piperazine rings is 1. The van der Waals surface area contributed by atoms with Crippen molar-refractivity contribution in [2.75, 3.05) is 73.7 Å². The van der Waals surface area contributed by atoms with Gasteiger partial charge in [-0.05, 0) is 67.3 Å². The van der Waals surface area contributed by atoms with Crippen LogP contribution in [0.1, 0.15) is 50.3 Å². The Bertz CT molecular complexity index is 853. The number of methoxy groups -OCH3 is 2. The molecule has 2 fully saturated rings. The van der Waals surface area contributed by atoms with Gasteiger partial charge in [0.25, 0.3) is 0 Å². The topological polar surface area (TPSA) is 54.5 Å². The van der Waals surface area contributed by atoms with Crippen molar-refractivity contribution < 1.29 is 19.0 Å². The molecule has 0 radical (unpaired) electrons. The number of likely N-dealkylation sites (N-methyl/N-ethyl adjacent to an activating group) is 1. The molecule has 0 saturated carbocycles. The highest BCUT2D eigenvalue weighted by Gasteiger charge is 2.40. The Labute approximate surface area is 211 Å². The van der Waals surface area contributed by atoms with Gasteiger partial charge in [0.05, 0.1) is 27.2 Å². The van der Waals surface area contributed by atoms with Crippen molar-refractivity contribution in [1.29, 1.82) is 0 Å². The fourth-order valence-corrected chi connectivity index (χ4v) is 6.17. The first kappa shape index (κ1) is 26.2. The number of ether oxygens (including phenoxy) is 3. The minimum absolute atomic E-state index is 0.0508. The number of nitrogens with zero attached hydrogens (tertiary/aromatic N) is 3. The first-order valence-corrected chi connectivity index (χ1v) is 13.4. The van der Waals surface area contributed by atoms with E-state index in [0.29, 0.717) is 36.8 Å². The number of carbonyl (C=O) groups excluding carboxylic acids is 1. The summed E-state index contributed by atoms with van der Waals surface area (Å²) in [5.74, 6) is 3.12. The van der Waals surface area contributed by atoms with Gasteiger partial charge in [-0.2, -0.15) is 0 Å². The number of esters is 1. The Balaban J connectivity index is 1.40. The zero-order valence-corrected chi connectivity index (χ0v) is 22.4. The number of carbonyl (C=O) groups is 1. The highest BCUT2D eigenvalue weighted by Crippen LogP contribution is 2.45. The van der Waals surface area contributed by atoms with Crippen molar-refractivity contribution in [3.05, 3.63) is 23.3 Å². The quantitative estimate of drug-likeness (QED) is 0.495. The van der Waals surface area contributed by atoms with Crippen LogP contribution in [0.2, 0.25) is 0 Å². The lowest BCUT2D eigenvalue weighted by Gasteiger charge is -2.47. The molecule has 35 heavy (non-hydrogen) atoms. The molecule has 0 amide bonds. The molecular formula is C28H45N3O4. The van der Waals surface area contributed by atoms with Crippen LogP contribution in [0.4, 0.5) is 0 Å². The van der Waals surface area contributed by atoms with Crippen LogP contribution in [0, 0.1) is 17.8 Å². The summed E-state index contributed by atoms with van der Waals surface area (Å²) in [7, 11) is 5.56. The number of fused-ring (bicyclic) bond motifs is 3. The molecule has 0 aliphatic carbocycles. The van der Waals surface area contributed by atoms with Crippen molar-refractivity contribution in [1.82, 2.24) is 14.7 Å². The fourth-order valence-electron chi connectivity index (χ4n) is 6.17. The van der Waals surface area contributed by atoms with E-state index < -0.39 is 0 Å². The third kappa shape index (κ3) is 6.49. The monoisotopic (exact) mass is 487 g/mol. The van der Waals surface area contributed by atoms with Gasteiger partial charge < -0.3 is 24.0 Å². The van der Waals surface area contributed by atoms with Crippen molar-refractivity contribution in [3.8, 4) is 11.5 Å². The molecule has 1 aromatic carbocycles. The summed E-state index contributed by atoms with van der Waals surface area (Å²) in [6.45, 7) is 12.3. The Hall–Kier alpha value is -1.83. The average Bonchev–Trinajstić information content (AvgIpc) is 2.85. The highest BCUT2D eigenvalue weighted by molar-refractivity contribution is 5.69. The Morgan fingerprint density at radius 1 is 1.03 bits per heavy atom. The van der Waals surface area contributed by atoms with E-state index in [0.717, 1.165) is 70.2 Å². The van der Waals surface area contributed by atoms with Crippen LogP contribution in [0.25, 0.3) is 0 Å².